The third-order valence-electron chi connectivity index (χ3n) is 2.50. The van der Waals surface area contributed by atoms with Crippen molar-refractivity contribution in [3.8, 4) is 0 Å². The molecule has 0 aliphatic carbocycles. The summed E-state index contributed by atoms with van der Waals surface area (Å²) in [5, 5.41) is 0. The summed E-state index contributed by atoms with van der Waals surface area (Å²) in [7, 11) is 2.78. The minimum Gasteiger partial charge on any atom is -0.383 e. The van der Waals surface area contributed by atoms with Crippen LogP contribution in [0.4, 0.5) is 17.6 Å². The van der Waals surface area contributed by atoms with Crippen LogP contribution in [0.15, 0.2) is 18.2 Å². The van der Waals surface area contributed by atoms with E-state index >= 15 is 0 Å². The van der Waals surface area contributed by atoms with E-state index in [2.05, 4.69) is 0 Å². The van der Waals surface area contributed by atoms with E-state index < -0.39 is 29.0 Å². The Labute approximate surface area is 107 Å². The molecule has 0 unspecified atom stereocenters. The van der Waals surface area contributed by atoms with Crippen LogP contribution in [0.25, 0.3) is 0 Å². The monoisotopic (exact) mass is 279 g/mol. The molecule has 0 aromatic heterocycles. The fourth-order valence-electron chi connectivity index (χ4n) is 1.40. The smallest absolute Gasteiger partial charge is 0.383 e. The van der Waals surface area contributed by atoms with Crippen LogP contribution in [0.2, 0.25) is 0 Å². The summed E-state index contributed by atoms with van der Waals surface area (Å²) in [6.07, 6.45) is -4.62. The number of rotatable bonds is 4. The highest BCUT2D eigenvalue weighted by molar-refractivity contribution is 5.94. The summed E-state index contributed by atoms with van der Waals surface area (Å²) in [6.45, 7) is 0.369. The Kier molecular flexibility index (Phi) is 4.88. The van der Waals surface area contributed by atoms with Gasteiger partial charge in [0.05, 0.1) is 17.7 Å². The first kappa shape index (κ1) is 15.4. The Balaban J connectivity index is 3.02. The molecule has 0 saturated carbocycles. The van der Waals surface area contributed by atoms with Crippen LogP contribution in [-0.2, 0) is 10.9 Å². The number of amides is 1. The van der Waals surface area contributed by atoms with Gasteiger partial charge < -0.3 is 9.64 Å². The highest BCUT2D eigenvalue weighted by atomic mass is 19.4. The van der Waals surface area contributed by atoms with Gasteiger partial charge in [0.2, 0.25) is 0 Å². The van der Waals surface area contributed by atoms with Gasteiger partial charge in [-0.15, -0.1) is 0 Å². The lowest BCUT2D eigenvalue weighted by Gasteiger charge is -2.17. The van der Waals surface area contributed by atoms with Gasteiger partial charge in [0.1, 0.15) is 5.82 Å². The average Bonchev–Trinajstić information content (AvgIpc) is 2.34. The fraction of sp³-hybridized carbons (Fsp3) is 0.417. The zero-order valence-electron chi connectivity index (χ0n) is 10.4. The van der Waals surface area contributed by atoms with Gasteiger partial charge in [-0.05, 0) is 18.2 Å². The van der Waals surface area contributed by atoms with E-state index in [9.17, 15) is 22.4 Å². The van der Waals surface area contributed by atoms with Gasteiger partial charge >= 0.3 is 6.18 Å². The molecule has 0 aliphatic heterocycles. The number of carbonyl (C=O) groups excluding carboxylic acids is 1. The summed E-state index contributed by atoms with van der Waals surface area (Å²) in [6, 6.07) is 1.75. The topological polar surface area (TPSA) is 29.5 Å². The van der Waals surface area contributed by atoms with Gasteiger partial charge in [0.25, 0.3) is 5.91 Å². The molecule has 0 N–H and O–H groups in total. The molecule has 0 aliphatic rings. The Bertz CT molecular complexity index is 460. The number of hydrogen-bond donors (Lipinski definition) is 0. The van der Waals surface area contributed by atoms with E-state index in [-0.39, 0.29) is 13.2 Å². The molecule has 1 rings (SSSR count). The molecule has 0 saturated heterocycles. The summed E-state index contributed by atoms with van der Waals surface area (Å²) < 4.78 is 55.7. The van der Waals surface area contributed by atoms with Crippen LogP contribution >= 0.6 is 0 Å². The number of methoxy groups -OCH3 is 1. The average molecular weight is 279 g/mol. The van der Waals surface area contributed by atoms with Crippen molar-refractivity contribution in [2.75, 3.05) is 27.3 Å². The van der Waals surface area contributed by atoms with Crippen molar-refractivity contribution in [3.63, 3.8) is 0 Å². The summed E-state index contributed by atoms with van der Waals surface area (Å²) in [4.78, 5) is 12.9. The number of hydrogen-bond acceptors (Lipinski definition) is 2. The second kappa shape index (κ2) is 6.01. The number of benzene rings is 1. The number of alkyl halides is 3. The Morgan fingerprint density at radius 2 is 2.00 bits per heavy atom. The van der Waals surface area contributed by atoms with Crippen LogP contribution < -0.4 is 0 Å². The van der Waals surface area contributed by atoms with Gasteiger partial charge in [0.15, 0.2) is 0 Å². The zero-order valence-corrected chi connectivity index (χ0v) is 10.4. The first-order chi connectivity index (χ1) is 8.77. The Morgan fingerprint density at radius 3 is 2.53 bits per heavy atom. The number of likely N-dealkylation sites (N-methyl/N-ethyl adjacent to an activating group) is 1. The quantitative estimate of drug-likeness (QED) is 0.793. The maximum atomic E-state index is 13.4. The van der Waals surface area contributed by atoms with Crippen LogP contribution in [0.5, 0.6) is 0 Å². The molecule has 19 heavy (non-hydrogen) atoms. The van der Waals surface area contributed by atoms with Crippen molar-refractivity contribution in [1.29, 1.82) is 0 Å². The molecule has 0 atom stereocenters. The van der Waals surface area contributed by atoms with Crippen molar-refractivity contribution >= 4 is 5.91 Å². The van der Waals surface area contributed by atoms with E-state index in [1.54, 1.807) is 0 Å². The van der Waals surface area contributed by atoms with Gasteiger partial charge in [0, 0.05) is 20.7 Å². The molecule has 1 amide bonds. The predicted octanol–water partition coefficient (Wildman–Crippen LogP) is 2.56. The van der Waals surface area contributed by atoms with E-state index in [1.165, 1.54) is 14.2 Å². The lowest BCUT2D eigenvalue weighted by molar-refractivity contribution is -0.137. The standard InChI is InChI=1S/C12H13F4NO2/c1-17(5-6-19-2)11(18)9-7-8(12(14,15)16)3-4-10(9)13/h3-4,7H,5-6H2,1-2H3. The molecule has 0 radical (unpaired) electrons. The zero-order chi connectivity index (χ0) is 14.6. The number of carbonyl (C=O) groups is 1. The second-order valence-corrected chi connectivity index (χ2v) is 3.91. The molecular formula is C12H13F4NO2. The van der Waals surface area contributed by atoms with Crippen molar-refractivity contribution in [2.45, 2.75) is 6.18 Å². The van der Waals surface area contributed by atoms with E-state index in [1.807, 2.05) is 0 Å². The minimum atomic E-state index is -4.62. The van der Waals surface area contributed by atoms with Gasteiger partial charge in [-0.3, -0.25) is 4.79 Å². The third-order valence-corrected chi connectivity index (χ3v) is 2.50. The molecule has 7 heteroatoms. The number of ether oxygens (including phenoxy) is 1. The molecule has 1 aromatic carbocycles. The fourth-order valence-corrected chi connectivity index (χ4v) is 1.40. The molecule has 0 fully saturated rings. The van der Waals surface area contributed by atoms with E-state index in [0.717, 1.165) is 4.90 Å². The van der Waals surface area contributed by atoms with Crippen molar-refractivity contribution in [3.05, 3.63) is 35.1 Å². The van der Waals surface area contributed by atoms with E-state index in [4.69, 9.17) is 4.74 Å². The third kappa shape index (κ3) is 3.92. The maximum absolute atomic E-state index is 13.4. The molecule has 0 bridgehead atoms. The summed E-state index contributed by atoms with van der Waals surface area (Å²) in [5.41, 5.74) is -1.66. The molecule has 106 valence electrons. The Morgan fingerprint density at radius 1 is 1.37 bits per heavy atom. The van der Waals surface area contributed by atoms with Crippen LogP contribution in [0.1, 0.15) is 15.9 Å². The second-order valence-electron chi connectivity index (χ2n) is 3.91. The maximum Gasteiger partial charge on any atom is 0.416 e. The minimum absolute atomic E-state index is 0.158. The van der Waals surface area contributed by atoms with Gasteiger partial charge in [-0.25, -0.2) is 4.39 Å². The summed E-state index contributed by atoms with van der Waals surface area (Å²) in [5.74, 6) is -1.80. The first-order valence-corrected chi connectivity index (χ1v) is 5.38. The molecular weight excluding hydrogens is 266 g/mol. The molecule has 1 aromatic rings. The van der Waals surface area contributed by atoms with Gasteiger partial charge in [-0.2, -0.15) is 13.2 Å². The van der Waals surface area contributed by atoms with Crippen molar-refractivity contribution in [1.82, 2.24) is 4.90 Å². The number of nitrogens with zero attached hydrogens (tertiary/aromatic N) is 1. The lowest BCUT2D eigenvalue weighted by atomic mass is 10.1. The SMILES string of the molecule is COCCN(C)C(=O)c1cc(C(F)(F)F)ccc1F. The lowest BCUT2D eigenvalue weighted by Crippen LogP contribution is -2.30. The Hall–Kier alpha value is -1.63. The van der Waals surface area contributed by atoms with Crippen molar-refractivity contribution in [2.24, 2.45) is 0 Å². The van der Waals surface area contributed by atoms with Crippen molar-refractivity contribution < 1.29 is 27.1 Å². The molecule has 0 heterocycles. The van der Waals surface area contributed by atoms with Crippen LogP contribution in [0.3, 0.4) is 0 Å². The highest BCUT2D eigenvalue weighted by Crippen LogP contribution is 2.30. The van der Waals surface area contributed by atoms with Crippen LogP contribution in [0, 0.1) is 5.82 Å². The summed E-state index contributed by atoms with van der Waals surface area (Å²) >= 11 is 0. The van der Waals surface area contributed by atoms with Crippen LogP contribution in [-0.4, -0.2) is 38.1 Å². The first-order valence-electron chi connectivity index (χ1n) is 5.38. The van der Waals surface area contributed by atoms with Gasteiger partial charge in [-0.1, -0.05) is 0 Å². The predicted molar refractivity (Wildman–Crippen MR) is 60.2 cm³/mol. The highest BCUT2D eigenvalue weighted by Gasteiger charge is 2.32. The largest absolute Gasteiger partial charge is 0.416 e. The molecule has 0 spiro atoms. The molecule has 3 nitrogen and oxygen atoms in total. The van der Waals surface area contributed by atoms with E-state index in [0.29, 0.717) is 18.2 Å². The normalized spacial score (nSPS) is 11.5. The number of halogens is 4.